The summed E-state index contributed by atoms with van der Waals surface area (Å²) in [5.74, 6) is -0.219. The molecule has 1 atom stereocenters. The number of hydrogen-bond donors (Lipinski definition) is 2. The van der Waals surface area contributed by atoms with Gasteiger partial charge in [-0.25, -0.2) is 0 Å². The Hall–Kier alpha value is -2.51. The predicted octanol–water partition coefficient (Wildman–Crippen LogP) is 2.13. The van der Waals surface area contributed by atoms with Crippen molar-refractivity contribution in [2.45, 2.75) is 12.5 Å². The van der Waals surface area contributed by atoms with Gasteiger partial charge in [0.05, 0.1) is 17.5 Å². The van der Waals surface area contributed by atoms with E-state index in [1.165, 1.54) is 11.3 Å². The highest BCUT2D eigenvalue weighted by Gasteiger charge is 2.20. The van der Waals surface area contributed by atoms with Gasteiger partial charge in [-0.2, -0.15) is 4.98 Å². The fourth-order valence-electron chi connectivity index (χ4n) is 2.13. The number of aliphatic hydroxyl groups excluding tert-OH is 1. The smallest absolute Gasteiger partial charge is 0.316 e. The molecule has 2 aromatic heterocycles. The summed E-state index contributed by atoms with van der Waals surface area (Å²) in [6, 6.07) is 12.9. The zero-order chi connectivity index (χ0) is 16.1. The molecule has 0 saturated heterocycles. The molecule has 7 heteroatoms. The molecule has 2 N–H and O–H groups in total. The minimum absolute atomic E-state index is 0.111. The van der Waals surface area contributed by atoms with Crippen molar-refractivity contribution in [2.24, 2.45) is 0 Å². The number of nitrogens with one attached hydrogen (secondary N) is 1. The van der Waals surface area contributed by atoms with Crippen molar-refractivity contribution < 1.29 is 14.4 Å². The van der Waals surface area contributed by atoms with E-state index in [1.807, 2.05) is 47.8 Å². The third-order valence-electron chi connectivity index (χ3n) is 3.24. The van der Waals surface area contributed by atoms with E-state index in [0.717, 1.165) is 10.4 Å². The minimum atomic E-state index is -0.490. The Labute approximate surface area is 136 Å². The molecule has 0 aliphatic rings. The molecule has 2 heterocycles. The van der Waals surface area contributed by atoms with Crippen LogP contribution in [0, 0.1) is 0 Å². The number of thiophene rings is 1. The molecular formula is C16H15N3O3S. The van der Waals surface area contributed by atoms with E-state index in [9.17, 15) is 9.90 Å². The van der Waals surface area contributed by atoms with Crippen molar-refractivity contribution in [3.8, 4) is 10.7 Å². The summed E-state index contributed by atoms with van der Waals surface area (Å²) in [4.78, 5) is 17.1. The maximum absolute atomic E-state index is 12.2. The summed E-state index contributed by atoms with van der Waals surface area (Å²) >= 11 is 1.46. The van der Waals surface area contributed by atoms with Gasteiger partial charge in [-0.1, -0.05) is 41.6 Å². The topological polar surface area (TPSA) is 88.2 Å². The standard InChI is InChI=1S/C16H15N3O3S/c20-10-12(9-11-5-2-1-3-6-11)17-15(21)16-18-14(19-22-16)13-7-4-8-23-13/h1-8,12,20H,9-10H2,(H,17,21)/t12-/m1/s1. The van der Waals surface area contributed by atoms with Gasteiger partial charge in [0.1, 0.15) is 0 Å². The van der Waals surface area contributed by atoms with E-state index in [4.69, 9.17) is 4.52 Å². The highest BCUT2D eigenvalue weighted by atomic mass is 32.1. The first-order valence-electron chi connectivity index (χ1n) is 7.09. The second-order valence-corrected chi connectivity index (χ2v) is 5.89. The second kappa shape index (κ2) is 7.17. The number of hydrogen-bond acceptors (Lipinski definition) is 6. The van der Waals surface area contributed by atoms with E-state index in [2.05, 4.69) is 15.5 Å². The number of benzene rings is 1. The van der Waals surface area contributed by atoms with E-state index in [1.54, 1.807) is 0 Å². The van der Waals surface area contributed by atoms with Gasteiger partial charge < -0.3 is 14.9 Å². The molecule has 0 saturated carbocycles. The fraction of sp³-hybridized carbons (Fsp3) is 0.188. The molecule has 0 radical (unpaired) electrons. The average molecular weight is 329 g/mol. The van der Waals surface area contributed by atoms with E-state index in [-0.39, 0.29) is 12.5 Å². The Bertz CT molecular complexity index is 756. The number of aromatic nitrogens is 2. The summed E-state index contributed by atoms with van der Waals surface area (Å²) in [6.45, 7) is -0.174. The first-order valence-corrected chi connectivity index (χ1v) is 7.97. The molecule has 0 aliphatic carbocycles. The molecule has 1 amide bonds. The van der Waals surface area contributed by atoms with Gasteiger partial charge in [-0.15, -0.1) is 11.3 Å². The normalized spacial score (nSPS) is 12.0. The van der Waals surface area contributed by atoms with Crippen LogP contribution in [0.1, 0.15) is 16.2 Å². The van der Waals surface area contributed by atoms with Crippen LogP contribution in [0.4, 0.5) is 0 Å². The van der Waals surface area contributed by atoms with Crippen LogP contribution >= 0.6 is 11.3 Å². The van der Waals surface area contributed by atoms with Crippen LogP contribution in [0.5, 0.6) is 0 Å². The molecule has 6 nitrogen and oxygen atoms in total. The fourth-order valence-corrected chi connectivity index (χ4v) is 2.78. The summed E-state index contributed by atoms with van der Waals surface area (Å²) < 4.78 is 5.00. The summed E-state index contributed by atoms with van der Waals surface area (Å²) in [7, 11) is 0. The third-order valence-corrected chi connectivity index (χ3v) is 4.11. The van der Waals surface area contributed by atoms with Crippen LogP contribution in [-0.4, -0.2) is 33.8 Å². The van der Waals surface area contributed by atoms with Crippen LogP contribution in [0.15, 0.2) is 52.4 Å². The van der Waals surface area contributed by atoms with Crippen LogP contribution < -0.4 is 5.32 Å². The third kappa shape index (κ3) is 3.82. The molecule has 23 heavy (non-hydrogen) atoms. The van der Waals surface area contributed by atoms with Gasteiger partial charge in [0.2, 0.25) is 5.82 Å². The van der Waals surface area contributed by atoms with Gasteiger partial charge >= 0.3 is 11.8 Å². The van der Waals surface area contributed by atoms with Crippen molar-refractivity contribution in [3.05, 3.63) is 59.3 Å². The number of carbonyl (C=O) groups excluding carboxylic acids is 1. The lowest BCUT2D eigenvalue weighted by molar-refractivity contribution is 0.0872. The lowest BCUT2D eigenvalue weighted by atomic mass is 10.1. The SMILES string of the molecule is O=C(N[C@@H](CO)Cc1ccccc1)c1nc(-c2cccs2)no1. The van der Waals surface area contributed by atoms with Crippen LogP contribution in [0.3, 0.4) is 0 Å². The quantitative estimate of drug-likeness (QED) is 0.723. The van der Waals surface area contributed by atoms with Gasteiger partial charge in [0.25, 0.3) is 0 Å². The number of carbonyl (C=O) groups is 1. The molecule has 1 aromatic carbocycles. The number of nitrogens with zero attached hydrogens (tertiary/aromatic N) is 2. The van der Waals surface area contributed by atoms with E-state index < -0.39 is 11.9 Å². The van der Waals surface area contributed by atoms with Crippen molar-refractivity contribution in [3.63, 3.8) is 0 Å². The Morgan fingerprint density at radius 2 is 2.09 bits per heavy atom. The first kappa shape index (κ1) is 15.4. The van der Waals surface area contributed by atoms with Crippen molar-refractivity contribution in [1.29, 1.82) is 0 Å². The highest BCUT2D eigenvalue weighted by Crippen LogP contribution is 2.21. The molecule has 0 bridgehead atoms. The Morgan fingerprint density at radius 1 is 1.26 bits per heavy atom. The Morgan fingerprint density at radius 3 is 2.78 bits per heavy atom. The van der Waals surface area contributed by atoms with Crippen LogP contribution in [0.2, 0.25) is 0 Å². The maximum Gasteiger partial charge on any atom is 0.316 e. The van der Waals surface area contributed by atoms with Gasteiger partial charge in [-0.3, -0.25) is 4.79 Å². The largest absolute Gasteiger partial charge is 0.394 e. The van der Waals surface area contributed by atoms with Crippen LogP contribution in [0.25, 0.3) is 10.7 Å². The van der Waals surface area contributed by atoms with Gasteiger partial charge in [0.15, 0.2) is 0 Å². The summed E-state index contributed by atoms with van der Waals surface area (Å²) in [6.07, 6.45) is 0.523. The molecule has 0 fully saturated rings. The Kier molecular flexibility index (Phi) is 4.80. The zero-order valence-electron chi connectivity index (χ0n) is 12.2. The molecule has 0 spiro atoms. The van der Waals surface area contributed by atoms with E-state index in [0.29, 0.717) is 12.2 Å². The van der Waals surface area contributed by atoms with Crippen LogP contribution in [-0.2, 0) is 6.42 Å². The molecular weight excluding hydrogens is 314 g/mol. The average Bonchev–Trinajstić information content (AvgIpc) is 3.26. The highest BCUT2D eigenvalue weighted by molar-refractivity contribution is 7.13. The maximum atomic E-state index is 12.2. The molecule has 3 rings (SSSR count). The van der Waals surface area contributed by atoms with Crippen molar-refractivity contribution in [1.82, 2.24) is 15.5 Å². The summed E-state index contributed by atoms with van der Waals surface area (Å²) in [5.41, 5.74) is 1.02. The minimum Gasteiger partial charge on any atom is -0.394 e. The van der Waals surface area contributed by atoms with Crippen molar-refractivity contribution >= 4 is 17.2 Å². The van der Waals surface area contributed by atoms with Gasteiger partial charge in [-0.05, 0) is 23.4 Å². The molecule has 0 aliphatic heterocycles. The summed E-state index contributed by atoms with van der Waals surface area (Å²) in [5, 5.41) is 17.9. The second-order valence-electron chi connectivity index (χ2n) is 4.94. The van der Waals surface area contributed by atoms with Crippen molar-refractivity contribution in [2.75, 3.05) is 6.61 Å². The first-order chi connectivity index (χ1) is 11.3. The van der Waals surface area contributed by atoms with E-state index >= 15 is 0 Å². The number of rotatable bonds is 6. The zero-order valence-corrected chi connectivity index (χ0v) is 13.0. The Balaban J connectivity index is 1.65. The number of amides is 1. The lowest BCUT2D eigenvalue weighted by Gasteiger charge is -2.14. The lowest BCUT2D eigenvalue weighted by Crippen LogP contribution is -2.39. The molecule has 118 valence electrons. The molecule has 0 unspecified atom stereocenters. The monoisotopic (exact) mass is 329 g/mol. The van der Waals surface area contributed by atoms with Gasteiger partial charge in [0, 0.05) is 0 Å². The number of aliphatic hydroxyl groups is 1. The predicted molar refractivity (Wildman–Crippen MR) is 86.1 cm³/mol. The molecule has 3 aromatic rings.